The van der Waals surface area contributed by atoms with Gasteiger partial charge in [0, 0.05) is 61.0 Å². The second-order valence-corrected chi connectivity index (χ2v) is 30.4. The summed E-state index contributed by atoms with van der Waals surface area (Å²) in [6.07, 6.45) is 6.67. The van der Waals surface area contributed by atoms with Crippen LogP contribution in [0.2, 0.25) is 0 Å². The monoisotopic (exact) mass is 1220 g/mol. The van der Waals surface area contributed by atoms with Gasteiger partial charge in [0.15, 0.2) is 0 Å². The molecule has 8 nitrogen and oxygen atoms in total. The van der Waals surface area contributed by atoms with Crippen LogP contribution in [0.3, 0.4) is 0 Å². The van der Waals surface area contributed by atoms with Crippen LogP contribution in [-0.4, -0.2) is 47.5 Å². The summed E-state index contributed by atoms with van der Waals surface area (Å²) in [6, 6.07) is 50.3. The smallest absolute Gasteiger partial charge is 0.150 e. The average Bonchev–Trinajstić information content (AvgIpc) is 0.798. The molecule has 0 aromatic heterocycles. The molecule has 8 aromatic carbocycles. The van der Waals surface area contributed by atoms with E-state index < -0.39 is 5.41 Å². The number of methoxy groups -OCH3 is 5. The Hall–Kier alpha value is -6.85. The summed E-state index contributed by atoms with van der Waals surface area (Å²) in [5.41, 5.74) is 11.5. The number of rotatable bonds is 17. The van der Waals surface area contributed by atoms with Gasteiger partial charge in [0.2, 0.25) is 0 Å². The van der Waals surface area contributed by atoms with Crippen LogP contribution in [0.25, 0.3) is 44.2 Å². The Labute approximate surface area is 528 Å². The maximum Gasteiger partial charge on any atom is 0.150 e. The molecule has 8 aromatic rings. The van der Waals surface area contributed by atoms with E-state index in [0.29, 0.717) is 23.1 Å². The molecule has 0 heterocycles. The van der Waals surface area contributed by atoms with Gasteiger partial charge in [-0.1, -0.05) is 187 Å². The van der Waals surface area contributed by atoms with Crippen molar-refractivity contribution in [3.8, 4) is 73.6 Å². The minimum atomic E-state index is -0.424. The van der Waals surface area contributed by atoms with Gasteiger partial charge in [0.05, 0.1) is 44.4 Å². The van der Waals surface area contributed by atoms with Gasteiger partial charge >= 0.3 is 0 Å². The number of aldehydes is 1. The average molecular weight is 1220 g/mol. The molecule has 0 N–H and O–H groups in total. The fourth-order valence-corrected chi connectivity index (χ4v) is 16.7. The zero-order valence-electron chi connectivity index (χ0n) is 55.0. The van der Waals surface area contributed by atoms with E-state index in [2.05, 4.69) is 204 Å². The molecule has 0 amide bonds. The zero-order valence-corrected chi connectivity index (χ0v) is 57.0. The fourth-order valence-electron chi connectivity index (χ4n) is 14.1. The number of carbonyl (C=O) groups is 1. The molecule has 10 rings (SSSR count). The highest BCUT2D eigenvalue weighted by Gasteiger charge is 2.49. The van der Waals surface area contributed by atoms with Crippen molar-refractivity contribution in [3.63, 3.8) is 0 Å². The predicted octanol–water partition coefficient (Wildman–Crippen LogP) is 20.3. The van der Waals surface area contributed by atoms with Crippen molar-refractivity contribution in [2.24, 2.45) is 11.8 Å². The van der Waals surface area contributed by atoms with Crippen molar-refractivity contribution in [2.45, 2.75) is 154 Å². The molecule has 2 fully saturated rings. The van der Waals surface area contributed by atoms with Crippen LogP contribution in [0.15, 0.2) is 140 Å². The lowest BCUT2D eigenvalue weighted by molar-refractivity contribution is 0.112. The van der Waals surface area contributed by atoms with E-state index in [1.165, 1.54) is 40.0 Å². The van der Waals surface area contributed by atoms with Gasteiger partial charge in [-0.3, -0.25) is 4.79 Å². The normalized spacial score (nSPS) is 18.4. The lowest BCUT2D eigenvalue weighted by Crippen LogP contribution is -2.42. The van der Waals surface area contributed by atoms with Crippen LogP contribution < -0.4 is 38.0 Å². The van der Waals surface area contributed by atoms with Gasteiger partial charge < -0.3 is 32.7 Å². The molecule has 0 radical (unpaired) electrons. The lowest BCUT2D eigenvalue weighted by atomic mass is 9.59. The van der Waals surface area contributed by atoms with E-state index in [9.17, 15) is 4.79 Å². The van der Waals surface area contributed by atoms with Crippen molar-refractivity contribution in [1.82, 2.24) is 0 Å². The molecular weight excluding hydrogens is 1130 g/mol. The van der Waals surface area contributed by atoms with Crippen molar-refractivity contribution in [1.29, 1.82) is 0 Å². The SMILES string of the molecule is COc1cc(-c2cc(OC)cc(C(C)(C)C)c2OPc2c(-c3ccccc3)cc3ccccc3c2[C@H]2C3CCCCC3C[C@@H](c3ccccc3)[C@H]2POc2c(-c3cc(OC)cc(C(C)(C)C)c3OC)cc(C=O)cc2C(C)(C)C)c(OC)c(C(C)(C)C)c1. The highest BCUT2D eigenvalue weighted by atomic mass is 31.1. The van der Waals surface area contributed by atoms with Gasteiger partial charge in [-0.2, -0.15) is 0 Å². The van der Waals surface area contributed by atoms with Crippen LogP contribution in [0.4, 0.5) is 0 Å². The lowest BCUT2D eigenvalue weighted by Gasteiger charge is -2.50. The largest absolute Gasteiger partial charge is 0.497 e. The molecule has 2 saturated carbocycles. The molecule has 0 spiro atoms. The minimum absolute atomic E-state index is 0.00188. The van der Waals surface area contributed by atoms with E-state index in [1.807, 2.05) is 18.2 Å². The van der Waals surface area contributed by atoms with E-state index in [4.69, 9.17) is 32.7 Å². The maximum atomic E-state index is 13.2. The van der Waals surface area contributed by atoms with Crippen molar-refractivity contribution >= 4 is 40.0 Å². The molecule has 2 aliphatic carbocycles. The van der Waals surface area contributed by atoms with Gasteiger partial charge in [-0.05, 0) is 146 Å². The van der Waals surface area contributed by atoms with Crippen molar-refractivity contribution < 1.29 is 37.5 Å². The topological polar surface area (TPSA) is 81.7 Å². The molecule has 0 saturated heterocycles. The van der Waals surface area contributed by atoms with Crippen LogP contribution in [0.5, 0.6) is 40.2 Å². The Balaban J connectivity index is 1.26. The Morgan fingerprint density at radius 1 is 0.466 bits per heavy atom. The van der Waals surface area contributed by atoms with Gasteiger partial charge in [0.25, 0.3) is 0 Å². The molecule has 462 valence electrons. The summed E-state index contributed by atoms with van der Waals surface area (Å²) in [5.74, 6) is 6.21. The zero-order chi connectivity index (χ0) is 63.0. The standard InChI is InChI=1S/C78H92O8P2/c1-75(2,3)63-37-47(46-79)36-59(60-40-52(80-13)43-64(69(60)83-16)76(4,5)6)71(63)85-87-73-57(48-28-20-18-21-29-48)38-50-32-24-26-34-55(50)67(73)68-56-35-27-25-33-51(56)39-58(49-30-22-19-23-31-49)74(68)88-86-72-62(42-54(82-15)45-66(72)78(10,11)12)61-41-53(81-14)44-65(70(61)84-17)77(7,8)9/h18-23,25,27-31,33,35-37,39-46,50,55,57,67,73,87-88H,24,26,32,34,38H2,1-17H3/t50?,55?,57-,67+,73+/m0/s1. The van der Waals surface area contributed by atoms with Crippen LogP contribution in [0, 0.1) is 11.8 Å². The molecule has 4 unspecified atom stereocenters. The Morgan fingerprint density at radius 2 is 0.932 bits per heavy atom. The van der Waals surface area contributed by atoms with E-state index in [0.717, 1.165) is 116 Å². The summed E-state index contributed by atoms with van der Waals surface area (Å²) in [5, 5.41) is 3.63. The van der Waals surface area contributed by atoms with Crippen molar-refractivity contribution in [2.75, 3.05) is 35.5 Å². The first-order valence-corrected chi connectivity index (χ1v) is 33.2. The van der Waals surface area contributed by atoms with Crippen molar-refractivity contribution in [3.05, 3.63) is 178 Å². The number of carbonyl (C=O) groups excluding carboxylic acids is 1. The molecule has 0 aliphatic heterocycles. The third kappa shape index (κ3) is 13.0. The maximum absolute atomic E-state index is 13.2. The number of hydrogen-bond acceptors (Lipinski definition) is 8. The predicted molar refractivity (Wildman–Crippen MR) is 369 cm³/mol. The summed E-state index contributed by atoms with van der Waals surface area (Å²) < 4.78 is 47.1. The molecule has 0 bridgehead atoms. The second kappa shape index (κ2) is 25.9. The third-order valence-corrected chi connectivity index (χ3v) is 20.9. The summed E-state index contributed by atoms with van der Waals surface area (Å²) in [6.45, 7) is 26.6. The van der Waals surface area contributed by atoms with E-state index >= 15 is 0 Å². The van der Waals surface area contributed by atoms with E-state index in [1.54, 1.807) is 35.5 Å². The first kappa shape index (κ1) is 64.1. The highest BCUT2D eigenvalue weighted by Crippen LogP contribution is 2.61. The highest BCUT2D eigenvalue weighted by molar-refractivity contribution is 7.43. The Kier molecular flexibility index (Phi) is 18.9. The third-order valence-electron chi connectivity index (χ3n) is 18.5. The fraction of sp³-hybridized carbons (Fsp3) is 0.397. The number of hydrogen-bond donors (Lipinski definition) is 0. The van der Waals surface area contributed by atoms with Crippen LogP contribution in [-0.2, 0) is 21.7 Å². The summed E-state index contributed by atoms with van der Waals surface area (Å²) >= 11 is 0. The van der Waals surface area contributed by atoms with Crippen LogP contribution in [0.1, 0.15) is 171 Å². The molecule has 2 aliphatic rings. The molecule has 7 atom stereocenters. The van der Waals surface area contributed by atoms with E-state index in [-0.39, 0.29) is 51.4 Å². The molecule has 10 heteroatoms. The summed E-state index contributed by atoms with van der Waals surface area (Å²) in [7, 11) is 8.53. The first-order chi connectivity index (χ1) is 41.9. The quantitative estimate of drug-likeness (QED) is 0.0659. The number of ether oxygens (including phenoxy) is 5. The Morgan fingerprint density at radius 3 is 1.45 bits per heavy atom. The van der Waals surface area contributed by atoms with Gasteiger partial charge in [-0.25, -0.2) is 0 Å². The van der Waals surface area contributed by atoms with Gasteiger partial charge in [-0.15, -0.1) is 0 Å². The first-order valence-electron chi connectivity index (χ1n) is 31.3. The van der Waals surface area contributed by atoms with Crippen LogP contribution >= 0.6 is 17.6 Å². The molecule has 88 heavy (non-hydrogen) atoms. The number of fused-ring (bicyclic) bond motifs is 2. The van der Waals surface area contributed by atoms with Gasteiger partial charge in [0.1, 0.15) is 55.3 Å². The summed E-state index contributed by atoms with van der Waals surface area (Å²) in [4.78, 5) is 13.2. The Bertz CT molecular complexity index is 3810. The second-order valence-electron chi connectivity index (χ2n) is 28.4. The molecular formula is C78H92O8P2. The number of benzene rings is 8. The minimum Gasteiger partial charge on any atom is -0.497 e.